The van der Waals surface area contributed by atoms with Crippen LogP contribution in [0.3, 0.4) is 0 Å². The third-order valence-corrected chi connectivity index (χ3v) is 4.02. The molecule has 0 bridgehead atoms. The van der Waals surface area contributed by atoms with Crippen LogP contribution < -0.4 is 10.2 Å². The molecule has 1 fully saturated rings. The van der Waals surface area contributed by atoms with Gasteiger partial charge in [0.05, 0.1) is 10.7 Å². The van der Waals surface area contributed by atoms with Crippen molar-refractivity contribution in [2.75, 3.05) is 11.9 Å². The molecule has 0 amide bonds. The lowest BCUT2D eigenvalue weighted by Gasteiger charge is -2.35. The molecule has 1 aliphatic carbocycles. The van der Waals surface area contributed by atoms with Gasteiger partial charge in [-0.05, 0) is 52.2 Å². The van der Waals surface area contributed by atoms with Crippen LogP contribution in [0.5, 0.6) is 0 Å². The second-order valence-corrected chi connectivity index (χ2v) is 6.80. The van der Waals surface area contributed by atoms with E-state index in [2.05, 4.69) is 38.0 Å². The van der Waals surface area contributed by atoms with Crippen molar-refractivity contribution in [3.63, 3.8) is 0 Å². The number of nitrogens with one attached hydrogen (secondary N) is 1. The van der Waals surface area contributed by atoms with Gasteiger partial charge in [0.1, 0.15) is 5.82 Å². The van der Waals surface area contributed by atoms with Crippen molar-refractivity contribution in [3.8, 4) is 0 Å². The van der Waals surface area contributed by atoms with E-state index in [0.717, 1.165) is 16.5 Å². The van der Waals surface area contributed by atoms with Gasteiger partial charge in [0.15, 0.2) is 0 Å². The van der Waals surface area contributed by atoms with Crippen LogP contribution in [0.15, 0.2) is 12.1 Å². The van der Waals surface area contributed by atoms with E-state index in [1.54, 1.807) is 0 Å². The van der Waals surface area contributed by atoms with E-state index in [4.69, 9.17) is 16.6 Å². The van der Waals surface area contributed by atoms with Gasteiger partial charge in [-0.15, -0.1) is 0 Å². The number of nitrogens with zero attached hydrogens (tertiary/aromatic N) is 2. The molecular formula is C15H24ClN3. The van der Waals surface area contributed by atoms with Crippen LogP contribution in [-0.2, 0) is 6.54 Å². The van der Waals surface area contributed by atoms with E-state index < -0.39 is 0 Å². The Hall–Kier alpha value is -0.800. The van der Waals surface area contributed by atoms with Crippen LogP contribution in [0.4, 0.5) is 5.82 Å². The summed E-state index contributed by atoms with van der Waals surface area (Å²) in [5.41, 5.74) is 1.00. The number of hydrogen-bond donors (Lipinski definition) is 1. The molecule has 19 heavy (non-hydrogen) atoms. The van der Waals surface area contributed by atoms with Gasteiger partial charge in [0.2, 0.25) is 0 Å². The number of aromatic nitrogens is 1. The SMILES string of the molecule is CN(c1ccc(Cl)c(CNC(C)(C)C)n1)C1CCC1. The maximum absolute atomic E-state index is 6.24. The molecule has 0 radical (unpaired) electrons. The molecule has 3 nitrogen and oxygen atoms in total. The topological polar surface area (TPSA) is 28.2 Å². The van der Waals surface area contributed by atoms with Gasteiger partial charge in [-0.1, -0.05) is 11.6 Å². The molecule has 106 valence electrons. The summed E-state index contributed by atoms with van der Waals surface area (Å²) in [7, 11) is 2.13. The maximum atomic E-state index is 6.24. The first-order valence-electron chi connectivity index (χ1n) is 7.00. The lowest BCUT2D eigenvalue weighted by molar-refractivity contribution is 0.398. The highest BCUT2D eigenvalue weighted by molar-refractivity contribution is 6.31. The summed E-state index contributed by atoms with van der Waals surface area (Å²) in [4.78, 5) is 6.99. The summed E-state index contributed by atoms with van der Waals surface area (Å²) < 4.78 is 0. The van der Waals surface area contributed by atoms with E-state index in [0.29, 0.717) is 12.6 Å². The molecule has 2 rings (SSSR count). The average molecular weight is 282 g/mol. The Morgan fingerprint density at radius 2 is 2.05 bits per heavy atom. The zero-order valence-corrected chi connectivity index (χ0v) is 13.1. The van der Waals surface area contributed by atoms with Crippen LogP contribution in [-0.4, -0.2) is 23.6 Å². The van der Waals surface area contributed by atoms with Crippen molar-refractivity contribution in [2.45, 2.75) is 58.2 Å². The monoisotopic (exact) mass is 281 g/mol. The van der Waals surface area contributed by atoms with E-state index in [9.17, 15) is 0 Å². The largest absolute Gasteiger partial charge is 0.357 e. The molecule has 1 aromatic rings. The van der Waals surface area contributed by atoms with Crippen molar-refractivity contribution in [1.82, 2.24) is 10.3 Å². The Morgan fingerprint density at radius 3 is 2.58 bits per heavy atom. The highest BCUT2D eigenvalue weighted by atomic mass is 35.5. The van der Waals surface area contributed by atoms with E-state index >= 15 is 0 Å². The Balaban J connectivity index is 2.10. The van der Waals surface area contributed by atoms with Crippen molar-refractivity contribution in [2.24, 2.45) is 0 Å². The average Bonchev–Trinajstić information content (AvgIpc) is 2.24. The molecule has 1 aliphatic rings. The smallest absolute Gasteiger partial charge is 0.128 e. The van der Waals surface area contributed by atoms with Gasteiger partial charge in [0.25, 0.3) is 0 Å². The van der Waals surface area contributed by atoms with Crippen LogP contribution in [0.1, 0.15) is 45.7 Å². The normalized spacial score (nSPS) is 16.3. The molecule has 0 aromatic carbocycles. The summed E-state index contributed by atoms with van der Waals surface area (Å²) in [6.45, 7) is 7.14. The maximum Gasteiger partial charge on any atom is 0.128 e. The number of anilines is 1. The molecule has 0 spiro atoms. The highest BCUT2D eigenvalue weighted by Gasteiger charge is 2.23. The van der Waals surface area contributed by atoms with E-state index in [-0.39, 0.29) is 5.54 Å². The molecule has 0 aliphatic heterocycles. The molecular weight excluding hydrogens is 258 g/mol. The summed E-state index contributed by atoms with van der Waals surface area (Å²) in [6.07, 6.45) is 3.88. The van der Waals surface area contributed by atoms with Gasteiger partial charge in [-0.2, -0.15) is 0 Å². The minimum absolute atomic E-state index is 0.0703. The molecule has 1 N–H and O–H groups in total. The van der Waals surface area contributed by atoms with Gasteiger partial charge < -0.3 is 10.2 Å². The number of halogens is 1. The summed E-state index contributed by atoms with van der Waals surface area (Å²) >= 11 is 6.24. The second kappa shape index (κ2) is 5.68. The molecule has 0 saturated heterocycles. The first-order chi connectivity index (χ1) is 8.87. The lowest BCUT2D eigenvalue weighted by atomic mass is 9.92. The molecule has 0 atom stereocenters. The first kappa shape index (κ1) is 14.6. The predicted octanol–water partition coefficient (Wildman–Crippen LogP) is 3.61. The summed E-state index contributed by atoms with van der Waals surface area (Å²) in [5, 5.41) is 4.18. The zero-order valence-electron chi connectivity index (χ0n) is 12.3. The first-order valence-corrected chi connectivity index (χ1v) is 7.38. The van der Waals surface area contributed by atoms with Crippen molar-refractivity contribution in [1.29, 1.82) is 0 Å². The minimum atomic E-state index is 0.0703. The molecule has 0 unspecified atom stereocenters. The predicted molar refractivity (Wildman–Crippen MR) is 81.9 cm³/mol. The second-order valence-electron chi connectivity index (χ2n) is 6.40. The van der Waals surface area contributed by atoms with Crippen LogP contribution >= 0.6 is 11.6 Å². The van der Waals surface area contributed by atoms with E-state index in [1.807, 2.05) is 12.1 Å². The van der Waals surface area contributed by atoms with Crippen LogP contribution in [0.25, 0.3) is 0 Å². The Labute approximate surface area is 121 Å². The fourth-order valence-electron chi connectivity index (χ4n) is 2.10. The van der Waals surface area contributed by atoms with Gasteiger partial charge in [0, 0.05) is 25.2 Å². The van der Waals surface area contributed by atoms with Gasteiger partial charge in [-0.25, -0.2) is 4.98 Å². The summed E-state index contributed by atoms with van der Waals surface area (Å²) in [6, 6.07) is 4.62. The Kier molecular flexibility index (Phi) is 4.36. The molecule has 1 aromatic heterocycles. The summed E-state index contributed by atoms with van der Waals surface area (Å²) in [5.74, 6) is 1.03. The molecule has 1 saturated carbocycles. The fraction of sp³-hybridized carbons (Fsp3) is 0.667. The zero-order chi connectivity index (χ0) is 14.0. The number of hydrogen-bond acceptors (Lipinski definition) is 3. The minimum Gasteiger partial charge on any atom is -0.357 e. The fourth-order valence-corrected chi connectivity index (χ4v) is 2.28. The van der Waals surface area contributed by atoms with E-state index in [1.165, 1.54) is 19.3 Å². The Morgan fingerprint density at radius 1 is 1.37 bits per heavy atom. The van der Waals surface area contributed by atoms with Crippen LogP contribution in [0.2, 0.25) is 5.02 Å². The number of pyridine rings is 1. The standard InChI is InChI=1S/C15H24ClN3/c1-15(2,3)17-10-13-12(16)8-9-14(18-13)19(4)11-6-5-7-11/h8-9,11,17H,5-7,10H2,1-4H3. The molecule has 4 heteroatoms. The highest BCUT2D eigenvalue weighted by Crippen LogP contribution is 2.28. The quantitative estimate of drug-likeness (QED) is 0.914. The molecule has 1 heterocycles. The third kappa shape index (κ3) is 3.83. The lowest BCUT2D eigenvalue weighted by Crippen LogP contribution is -2.38. The third-order valence-electron chi connectivity index (χ3n) is 3.67. The Bertz CT molecular complexity index is 436. The van der Waals surface area contributed by atoms with Crippen molar-refractivity contribution >= 4 is 17.4 Å². The van der Waals surface area contributed by atoms with Gasteiger partial charge in [-0.3, -0.25) is 0 Å². The van der Waals surface area contributed by atoms with Crippen LogP contribution in [0, 0.1) is 0 Å². The van der Waals surface area contributed by atoms with Crippen molar-refractivity contribution < 1.29 is 0 Å². The number of rotatable bonds is 4. The van der Waals surface area contributed by atoms with Gasteiger partial charge >= 0.3 is 0 Å². The van der Waals surface area contributed by atoms with Crippen molar-refractivity contribution in [3.05, 3.63) is 22.8 Å².